The molecule has 158 valence electrons. The monoisotopic (exact) mass is 422 g/mol. The molecule has 0 fully saturated rings. The van der Waals surface area contributed by atoms with Crippen molar-refractivity contribution in [2.45, 2.75) is 39.3 Å². The zero-order chi connectivity index (χ0) is 21.6. The van der Waals surface area contributed by atoms with Crippen molar-refractivity contribution in [3.05, 3.63) is 59.9 Å². The van der Waals surface area contributed by atoms with Gasteiger partial charge in [0.05, 0.1) is 18.0 Å². The molecule has 0 heterocycles. The SMILES string of the molecule is CC[C@H](C(=O)N[C@H](C)COc1ccccc1C)N(c1ccccc1F)S(C)(=O)=O. The first-order valence-electron chi connectivity index (χ1n) is 9.37. The Morgan fingerprint density at radius 2 is 1.79 bits per heavy atom. The fourth-order valence-electron chi connectivity index (χ4n) is 2.98. The van der Waals surface area contributed by atoms with E-state index in [4.69, 9.17) is 4.74 Å². The second-order valence-corrected chi connectivity index (χ2v) is 8.78. The molecular formula is C21H27FN2O4S. The maximum absolute atomic E-state index is 14.3. The molecule has 0 aliphatic heterocycles. The Bertz CT molecular complexity index is 949. The van der Waals surface area contributed by atoms with Crippen LogP contribution in [0.15, 0.2) is 48.5 Å². The van der Waals surface area contributed by atoms with E-state index in [0.29, 0.717) is 5.75 Å². The second-order valence-electron chi connectivity index (χ2n) is 6.92. The number of aryl methyl sites for hydroxylation is 1. The average molecular weight is 423 g/mol. The summed E-state index contributed by atoms with van der Waals surface area (Å²) in [5.41, 5.74) is 0.820. The van der Waals surface area contributed by atoms with Crippen molar-refractivity contribution in [3.63, 3.8) is 0 Å². The lowest BCUT2D eigenvalue weighted by atomic mass is 10.1. The van der Waals surface area contributed by atoms with Crippen LogP contribution in [0.1, 0.15) is 25.8 Å². The number of amides is 1. The molecule has 1 amide bonds. The van der Waals surface area contributed by atoms with Gasteiger partial charge in [-0.1, -0.05) is 37.3 Å². The summed E-state index contributed by atoms with van der Waals surface area (Å²) in [6.07, 6.45) is 1.14. The van der Waals surface area contributed by atoms with E-state index in [1.165, 1.54) is 18.2 Å². The number of hydrogen-bond donors (Lipinski definition) is 1. The second kappa shape index (κ2) is 9.73. The van der Waals surface area contributed by atoms with E-state index in [9.17, 15) is 17.6 Å². The van der Waals surface area contributed by atoms with Crippen LogP contribution in [0.25, 0.3) is 0 Å². The van der Waals surface area contributed by atoms with Crippen LogP contribution in [0.2, 0.25) is 0 Å². The zero-order valence-corrected chi connectivity index (χ0v) is 17.9. The summed E-state index contributed by atoms with van der Waals surface area (Å²) in [6, 6.07) is 11.6. The van der Waals surface area contributed by atoms with E-state index < -0.39 is 27.8 Å². The summed E-state index contributed by atoms with van der Waals surface area (Å²) in [4.78, 5) is 12.8. The van der Waals surface area contributed by atoms with Crippen LogP contribution in [-0.2, 0) is 14.8 Å². The molecule has 2 atom stereocenters. The summed E-state index contributed by atoms with van der Waals surface area (Å²) in [7, 11) is -3.89. The first-order chi connectivity index (χ1) is 13.6. The molecule has 0 unspecified atom stereocenters. The van der Waals surface area contributed by atoms with Crippen molar-refractivity contribution in [3.8, 4) is 5.75 Å². The summed E-state index contributed by atoms with van der Waals surface area (Å²) in [5, 5.41) is 2.77. The largest absolute Gasteiger partial charge is 0.491 e. The van der Waals surface area contributed by atoms with E-state index in [1.54, 1.807) is 13.8 Å². The fraction of sp³-hybridized carbons (Fsp3) is 0.381. The molecular weight excluding hydrogens is 395 g/mol. The molecule has 2 rings (SSSR count). The topological polar surface area (TPSA) is 75.7 Å². The third-order valence-corrected chi connectivity index (χ3v) is 5.56. The number of hydrogen-bond acceptors (Lipinski definition) is 4. The van der Waals surface area contributed by atoms with Crippen LogP contribution < -0.4 is 14.4 Å². The number of para-hydroxylation sites is 2. The molecule has 2 aromatic carbocycles. The first kappa shape index (κ1) is 22.7. The van der Waals surface area contributed by atoms with E-state index in [-0.39, 0.29) is 24.8 Å². The van der Waals surface area contributed by atoms with Crippen molar-refractivity contribution in [1.82, 2.24) is 5.32 Å². The normalized spacial score (nSPS) is 13.4. The molecule has 0 bridgehead atoms. The minimum absolute atomic E-state index is 0.152. The zero-order valence-electron chi connectivity index (χ0n) is 17.1. The van der Waals surface area contributed by atoms with E-state index in [2.05, 4.69) is 5.32 Å². The number of anilines is 1. The minimum Gasteiger partial charge on any atom is -0.491 e. The quantitative estimate of drug-likeness (QED) is 0.673. The van der Waals surface area contributed by atoms with Crippen LogP contribution >= 0.6 is 0 Å². The molecule has 29 heavy (non-hydrogen) atoms. The van der Waals surface area contributed by atoms with Gasteiger partial charge in [-0.25, -0.2) is 12.8 Å². The molecule has 0 saturated carbocycles. The van der Waals surface area contributed by atoms with Crippen LogP contribution in [0.3, 0.4) is 0 Å². The minimum atomic E-state index is -3.89. The number of rotatable bonds is 9. The lowest BCUT2D eigenvalue weighted by molar-refractivity contribution is -0.123. The van der Waals surface area contributed by atoms with Gasteiger partial charge in [-0.15, -0.1) is 0 Å². The van der Waals surface area contributed by atoms with Crippen molar-refractivity contribution in [2.24, 2.45) is 0 Å². The number of benzene rings is 2. The lowest BCUT2D eigenvalue weighted by Crippen LogP contribution is -2.52. The predicted octanol–water partition coefficient (Wildman–Crippen LogP) is 3.26. The van der Waals surface area contributed by atoms with Gasteiger partial charge in [0.25, 0.3) is 0 Å². The average Bonchev–Trinajstić information content (AvgIpc) is 2.65. The Hall–Kier alpha value is -2.61. The Labute approximate surface area is 171 Å². The standard InChI is InChI=1S/C21H27FN2O4S/c1-5-18(24(29(4,26)27)19-12-8-7-11-17(19)22)21(25)23-16(3)14-28-20-13-9-6-10-15(20)2/h6-13,16,18H,5,14H2,1-4H3,(H,23,25)/t16-,18-/m1/s1. The molecule has 2 aromatic rings. The maximum Gasteiger partial charge on any atom is 0.244 e. The lowest BCUT2D eigenvalue weighted by Gasteiger charge is -2.31. The van der Waals surface area contributed by atoms with E-state index in [1.807, 2.05) is 31.2 Å². The summed E-state index contributed by atoms with van der Waals surface area (Å²) in [6.45, 7) is 5.57. The van der Waals surface area contributed by atoms with Gasteiger partial charge in [0.2, 0.25) is 15.9 Å². The number of nitrogens with zero attached hydrogens (tertiary/aromatic N) is 1. The first-order valence-corrected chi connectivity index (χ1v) is 11.2. The molecule has 6 nitrogen and oxygen atoms in total. The summed E-state index contributed by atoms with van der Waals surface area (Å²) in [5.74, 6) is -0.507. The Kier molecular flexibility index (Phi) is 7.61. The van der Waals surface area contributed by atoms with E-state index >= 15 is 0 Å². The smallest absolute Gasteiger partial charge is 0.244 e. The molecule has 1 N–H and O–H groups in total. The Balaban J connectivity index is 2.15. The fourth-order valence-corrected chi connectivity index (χ4v) is 4.19. The molecule has 8 heteroatoms. The molecule has 0 radical (unpaired) electrons. The summed E-state index contributed by atoms with van der Waals surface area (Å²) >= 11 is 0. The van der Waals surface area contributed by atoms with Crippen molar-refractivity contribution in [1.29, 1.82) is 0 Å². The van der Waals surface area contributed by atoms with Crippen molar-refractivity contribution in [2.75, 3.05) is 17.2 Å². The highest BCUT2D eigenvalue weighted by atomic mass is 32.2. The highest BCUT2D eigenvalue weighted by Gasteiger charge is 2.33. The van der Waals surface area contributed by atoms with Gasteiger partial charge in [-0.2, -0.15) is 0 Å². The molecule has 0 aliphatic carbocycles. The number of sulfonamides is 1. The Morgan fingerprint density at radius 3 is 2.38 bits per heavy atom. The Morgan fingerprint density at radius 1 is 1.17 bits per heavy atom. The van der Waals surface area contributed by atoms with Crippen LogP contribution in [0.5, 0.6) is 5.75 Å². The number of carbonyl (C=O) groups is 1. The number of nitrogens with one attached hydrogen (secondary N) is 1. The number of ether oxygens (including phenoxy) is 1. The third-order valence-electron chi connectivity index (χ3n) is 4.39. The number of carbonyl (C=O) groups excluding carboxylic acids is 1. The van der Waals surface area contributed by atoms with Crippen molar-refractivity contribution < 1.29 is 22.3 Å². The van der Waals surface area contributed by atoms with Gasteiger partial charge in [0.15, 0.2) is 0 Å². The molecule has 0 aromatic heterocycles. The van der Waals surface area contributed by atoms with Gasteiger partial charge >= 0.3 is 0 Å². The van der Waals surface area contributed by atoms with Crippen LogP contribution in [-0.4, -0.2) is 39.3 Å². The maximum atomic E-state index is 14.3. The van der Waals surface area contributed by atoms with Gasteiger partial charge in [0.1, 0.15) is 24.2 Å². The summed E-state index contributed by atoms with van der Waals surface area (Å²) < 4.78 is 45.6. The van der Waals surface area contributed by atoms with Crippen LogP contribution in [0, 0.1) is 12.7 Å². The molecule has 0 saturated heterocycles. The van der Waals surface area contributed by atoms with Gasteiger partial charge < -0.3 is 10.1 Å². The molecule has 0 aliphatic rings. The van der Waals surface area contributed by atoms with Gasteiger partial charge in [-0.3, -0.25) is 9.10 Å². The van der Waals surface area contributed by atoms with Gasteiger partial charge in [-0.05, 0) is 44.0 Å². The van der Waals surface area contributed by atoms with Crippen LogP contribution in [0.4, 0.5) is 10.1 Å². The van der Waals surface area contributed by atoms with Crippen molar-refractivity contribution >= 4 is 21.6 Å². The van der Waals surface area contributed by atoms with E-state index in [0.717, 1.165) is 22.2 Å². The molecule has 0 spiro atoms. The third kappa shape index (κ3) is 5.93. The highest BCUT2D eigenvalue weighted by Crippen LogP contribution is 2.25. The number of halogens is 1. The highest BCUT2D eigenvalue weighted by molar-refractivity contribution is 7.92. The predicted molar refractivity (Wildman–Crippen MR) is 112 cm³/mol. The van der Waals surface area contributed by atoms with Gasteiger partial charge in [0, 0.05) is 0 Å².